The van der Waals surface area contributed by atoms with Crippen LogP contribution in [-0.4, -0.2) is 38.4 Å². The van der Waals surface area contributed by atoms with Crippen LogP contribution < -0.4 is 21.9 Å². The van der Waals surface area contributed by atoms with E-state index in [-0.39, 0.29) is 22.9 Å². The Bertz CT molecular complexity index is 1170. The molecule has 0 radical (unpaired) electrons. The predicted octanol–water partition coefficient (Wildman–Crippen LogP) is 2.93. The predicted molar refractivity (Wildman–Crippen MR) is 121 cm³/mol. The molecule has 3 aromatic heterocycles. The number of nitrogens with zero attached hydrogens (tertiary/aromatic N) is 4. The van der Waals surface area contributed by atoms with Crippen LogP contribution in [0.3, 0.4) is 0 Å². The Morgan fingerprint density at radius 2 is 2.00 bits per heavy atom. The van der Waals surface area contributed by atoms with E-state index in [1.807, 2.05) is 12.1 Å². The van der Waals surface area contributed by atoms with Gasteiger partial charge in [-0.25, -0.2) is 9.97 Å². The van der Waals surface area contributed by atoms with Gasteiger partial charge in [0.25, 0.3) is 5.56 Å². The highest BCUT2D eigenvalue weighted by atomic mass is 16.1. The molecule has 0 atom stereocenters. The fourth-order valence-electron chi connectivity index (χ4n) is 4.21. The van der Waals surface area contributed by atoms with Gasteiger partial charge in [-0.05, 0) is 44.4 Å². The lowest BCUT2D eigenvalue weighted by Gasteiger charge is -2.19. The second-order valence-corrected chi connectivity index (χ2v) is 7.87. The van der Waals surface area contributed by atoms with E-state index in [0.717, 1.165) is 36.8 Å². The SMILES string of the molecule is CC(=O)c1c(C)c2cnc(Nc3ccc(NCCN)cn3)nc2n(C2CCCC2)c1=O. The van der Waals surface area contributed by atoms with Crippen LogP contribution in [0.15, 0.2) is 29.3 Å². The van der Waals surface area contributed by atoms with E-state index in [1.54, 1.807) is 23.9 Å². The first-order chi connectivity index (χ1) is 15.0. The highest BCUT2D eigenvalue weighted by molar-refractivity contribution is 5.99. The molecule has 0 saturated heterocycles. The number of fused-ring (bicyclic) bond motifs is 1. The molecular formula is C22H27N7O2. The maximum Gasteiger partial charge on any atom is 0.263 e. The summed E-state index contributed by atoms with van der Waals surface area (Å²) in [5.74, 6) is 0.708. The quantitative estimate of drug-likeness (QED) is 0.497. The highest BCUT2D eigenvalue weighted by Gasteiger charge is 2.25. The molecule has 3 heterocycles. The lowest BCUT2D eigenvalue weighted by molar-refractivity contribution is 0.101. The van der Waals surface area contributed by atoms with Gasteiger partial charge >= 0.3 is 0 Å². The maximum atomic E-state index is 13.3. The molecule has 0 spiro atoms. The van der Waals surface area contributed by atoms with Gasteiger partial charge in [-0.2, -0.15) is 4.98 Å². The lowest BCUT2D eigenvalue weighted by Crippen LogP contribution is -2.30. The lowest BCUT2D eigenvalue weighted by atomic mass is 10.0. The number of carbonyl (C=O) groups excluding carboxylic acids is 1. The zero-order valence-corrected chi connectivity index (χ0v) is 17.8. The Morgan fingerprint density at radius 3 is 2.65 bits per heavy atom. The van der Waals surface area contributed by atoms with E-state index in [1.165, 1.54) is 6.92 Å². The monoisotopic (exact) mass is 421 g/mol. The van der Waals surface area contributed by atoms with Crippen molar-refractivity contribution in [3.05, 3.63) is 46.0 Å². The van der Waals surface area contributed by atoms with Gasteiger partial charge in [-0.1, -0.05) is 12.8 Å². The molecule has 0 aromatic carbocycles. The van der Waals surface area contributed by atoms with E-state index in [2.05, 4.69) is 25.6 Å². The summed E-state index contributed by atoms with van der Waals surface area (Å²) in [5.41, 5.74) is 7.52. The molecule has 1 aliphatic carbocycles. The standard InChI is InChI=1S/C22H27N7O2/c1-13-17-12-26-22(27-18-8-7-15(11-25-18)24-10-9-23)28-20(17)29(16-5-3-4-6-16)21(31)19(13)14(2)30/h7-8,11-12,16,24H,3-6,9-10,23H2,1-2H3,(H,25,26,27,28). The van der Waals surface area contributed by atoms with Crippen molar-refractivity contribution in [3.63, 3.8) is 0 Å². The van der Waals surface area contributed by atoms with Crippen LogP contribution in [0, 0.1) is 6.92 Å². The number of aromatic nitrogens is 4. The summed E-state index contributed by atoms with van der Waals surface area (Å²) in [7, 11) is 0. The first-order valence-electron chi connectivity index (χ1n) is 10.6. The van der Waals surface area contributed by atoms with Crippen LogP contribution in [0.5, 0.6) is 0 Å². The number of hydrogen-bond acceptors (Lipinski definition) is 8. The minimum atomic E-state index is -0.262. The molecule has 9 nitrogen and oxygen atoms in total. The fourth-order valence-corrected chi connectivity index (χ4v) is 4.21. The number of rotatable bonds is 7. The van der Waals surface area contributed by atoms with Crippen molar-refractivity contribution in [2.45, 2.75) is 45.6 Å². The third-order valence-electron chi connectivity index (χ3n) is 5.73. The summed E-state index contributed by atoms with van der Waals surface area (Å²) >= 11 is 0. The molecule has 9 heteroatoms. The van der Waals surface area contributed by atoms with Crippen LogP contribution in [0.25, 0.3) is 11.0 Å². The fraction of sp³-hybridized carbons (Fsp3) is 0.409. The van der Waals surface area contributed by atoms with Crippen LogP contribution in [0.2, 0.25) is 0 Å². The average Bonchev–Trinajstić information content (AvgIpc) is 3.27. The first kappa shape index (κ1) is 20.9. The van der Waals surface area contributed by atoms with Crippen molar-refractivity contribution >= 4 is 34.3 Å². The highest BCUT2D eigenvalue weighted by Crippen LogP contribution is 2.32. The van der Waals surface area contributed by atoms with Gasteiger partial charge in [0.05, 0.1) is 17.4 Å². The van der Waals surface area contributed by atoms with Gasteiger partial charge < -0.3 is 16.4 Å². The molecule has 1 aliphatic rings. The molecule has 1 saturated carbocycles. The summed E-state index contributed by atoms with van der Waals surface area (Å²) in [5, 5.41) is 6.99. The van der Waals surface area contributed by atoms with Gasteiger partial charge in [0.2, 0.25) is 5.95 Å². The van der Waals surface area contributed by atoms with Crippen molar-refractivity contribution in [2.24, 2.45) is 5.73 Å². The topological polar surface area (TPSA) is 128 Å². The van der Waals surface area contributed by atoms with Gasteiger partial charge in [-0.15, -0.1) is 0 Å². The third-order valence-corrected chi connectivity index (χ3v) is 5.73. The number of carbonyl (C=O) groups is 1. The second kappa shape index (κ2) is 8.81. The van der Waals surface area contributed by atoms with Crippen LogP contribution in [-0.2, 0) is 0 Å². The Balaban J connectivity index is 1.75. The third kappa shape index (κ3) is 4.13. The van der Waals surface area contributed by atoms with Gasteiger partial charge in [-0.3, -0.25) is 14.2 Å². The number of aryl methyl sites for hydroxylation is 1. The molecule has 4 rings (SSSR count). The summed E-state index contributed by atoms with van der Waals surface area (Å²) in [6.07, 6.45) is 7.31. The first-order valence-corrected chi connectivity index (χ1v) is 10.6. The average molecular weight is 422 g/mol. The van der Waals surface area contributed by atoms with Crippen LogP contribution >= 0.6 is 0 Å². The van der Waals surface area contributed by atoms with E-state index >= 15 is 0 Å². The van der Waals surface area contributed by atoms with Gasteiger partial charge in [0.15, 0.2) is 5.78 Å². The van der Waals surface area contributed by atoms with E-state index in [9.17, 15) is 9.59 Å². The maximum absolute atomic E-state index is 13.3. The van der Waals surface area contributed by atoms with E-state index in [4.69, 9.17) is 5.73 Å². The number of nitrogens with one attached hydrogen (secondary N) is 2. The van der Waals surface area contributed by atoms with Crippen molar-refractivity contribution in [2.75, 3.05) is 23.7 Å². The molecule has 0 amide bonds. The zero-order chi connectivity index (χ0) is 22.0. The Labute approximate surface area is 180 Å². The molecule has 4 N–H and O–H groups in total. The van der Waals surface area contributed by atoms with E-state index < -0.39 is 0 Å². The molecule has 1 fully saturated rings. The summed E-state index contributed by atoms with van der Waals surface area (Å²) in [4.78, 5) is 38.9. The second-order valence-electron chi connectivity index (χ2n) is 7.87. The molecule has 0 unspecified atom stereocenters. The summed E-state index contributed by atoms with van der Waals surface area (Å²) in [6.45, 7) is 4.43. The largest absolute Gasteiger partial charge is 0.383 e. The smallest absolute Gasteiger partial charge is 0.263 e. The summed E-state index contributed by atoms with van der Waals surface area (Å²) in [6, 6.07) is 3.76. The Kier molecular flexibility index (Phi) is 5.94. The number of Topliss-reactive ketones (excluding diaryl/α,β-unsaturated/α-hetero) is 1. The molecular weight excluding hydrogens is 394 g/mol. The Morgan fingerprint density at radius 1 is 1.23 bits per heavy atom. The van der Waals surface area contributed by atoms with E-state index in [0.29, 0.717) is 36.1 Å². The number of hydrogen-bond donors (Lipinski definition) is 3. The number of anilines is 3. The molecule has 3 aromatic rings. The van der Waals surface area contributed by atoms with Crippen LogP contribution in [0.4, 0.5) is 17.5 Å². The number of pyridine rings is 2. The molecule has 0 bridgehead atoms. The minimum absolute atomic E-state index is 0.0440. The summed E-state index contributed by atoms with van der Waals surface area (Å²) < 4.78 is 1.70. The zero-order valence-electron chi connectivity index (χ0n) is 17.8. The molecule has 0 aliphatic heterocycles. The van der Waals surface area contributed by atoms with Crippen molar-refractivity contribution < 1.29 is 4.79 Å². The number of ketones is 1. The molecule has 31 heavy (non-hydrogen) atoms. The van der Waals surface area contributed by atoms with Crippen molar-refractivity contribution in [3.8, 4) is 0 Å². The Hall–Kier alpha value is -3.33. The minimum Gasteiger partial charge on any atom is -0.383 e. The van der Waals surface area contributed by atoms with Crippen molar-refractivity contribution in [1.29, 1.82) is 0 Å². The molecule has 162 valence electrons. The van der Waals surface area contributed by atoms with Crippen LogP contribution in [0.1, 0.15) is 54.6 Å². The number of nitrogens with two attached hydrogens (primary N) is 1. The van der Waals surface area contributed by atoms with Gasteiger partial charge in [0, 0.05) is 30.7 Å². The van der Waals surface area contributed by atoms with Crippen molar-refractivity contribution in [1.82, 2.24) is 19.5 Å². The normalized spacial score (nSPS) is 14.2. The van der Waals surface area contributed by atoms with Gasteiger partial charge in [0.1, 0.15) is 11.5 Å².